The zero-order valence-corrected chi connectivity index (χ0v) is 12.6. The highest BCUT2D eigenvalue weighted by molar-refractivity contribution is 7.98. The molecule has 2 rings (SSSR count). The minimum Gasteiger partial charge on any atom is -0.298 e. The molecule has 0 saturated carbocycles. The SMILES string of the molecule is Cc1cc(C)cc(CSc2ccc(C=O)cc2[N+](=O)[O-])c1. The second-order valence-electron chi connectivity index (χ2n) is 4.89. The first-order chi connectivity index (χ1) is 9.99. The summed E-state index contributed by atoms with van der Waals surface area (Å²) >= 11 is 1.41. The van der Waals surface area contributed by atoms with Crippen molar-refractivity contribution in [2.75, 3.05) is 0 Å². The number of nitro benzene ring substituents is 1. The molecule has 2 aromatic carbocycles. The minimum absolute atomic E-state index is 0.0195. The molecule has 0 aliphatic heterocycles. The predicted molar refractivity (Wildman–Crippen MR) is 84.0 cm³/mol. The van der Waals surface area contributed by atoms with Gasteiger partial charge in [-0.2, -0.15) is 0 Å². The van der Waals surface area contributed by atoms with E-state index >= 15 is 0 Å². The summed E-state index contributed by atoms with van der Waals surface area (Å²) < 4.78 is 0. The van der Waals surface area contributed by atoms with Crippen molar-refractivity contribution in [1.29, 1.82) is 0 Å². The summed E-state index contributed by atoms with van der Waals surface area (Å²) in [7, 11) is 0. The van der Waals surface area contributed by atoms with Gasteiger partial charge in [-0.1, -0.05) is 35.4 Å². The molecule has 0 spiro atoms. The summed E-state index contributed by atoms with van der Waals surface area (Å²) in [6.07, 6.45) is 0.616. The monoisotopic (exact) mass is 301 g/mol. The lowest BCUT2D eigenvalue weighted by Gasteiger charge is -2.06. The summed E-state index contributed by atoms with van der Waals surface area (Å²) in [5.74, 6) is 0.657. The minimum atomic E-state index is -0.448. The molecular formula is C16H15NO3S. The summed E-state index contributed by atoms with van der Waals surface area (Å²) in [5.41, 5.74) is 3.78. The number of carbonyl (C=O) groups excluding carboxylic acids is 1. The van der Waals surface area contributed by atoms with Gasteiger partial charge in [-0.15, -0.1) is 11.8 Å². The van der Waals surface area contributed by atoms with Crippen molar-refractivity contribution in [3.8, 4) is 0 Å². The molecule has 0 aliphatic carbocycles. The van der Waals surface area contributed by atoms with E-state index in [1.165, 1.54) is 29.0 Å². The third-order valence-corrected chi connectivity index (χ3v) is 4.13. The van der Waals surface area contributed by atoms with Gasteiger partial charge in [-0.3, -0.25) is 14.9 Å². The van der Waals surface area contributed by atoms with E-state index in [9.17, 15) is 14.9 Å². The molecule has 0 amide bonds. The van der Waals surface area contributed by atoms with Gasteiger partial charge in [-0.25, -0.2) is 0 Å². The zero-order valence-electron chi connectivity index (χ0n) is 11.8. The van der Waals surface area contributed by atoms with E-state index in [0.717, 1.165) is 5.56 Å². The van der Waals surface area contributed by atoms with Crippen LogP contribution in [0.1, 0.15) is 27.0 Å². The highest BCUT2D eigenvalue weighted by atomic mass is 32.2. The van der Waals surface area contributed by atoms with E-state index in [4.69, 9.17) is 0 Å². The van der Waals surface area contributed by atoms with E-state index in [-0.39, 0.29) is 5.69 Å². The van der Waals surface area contributed by atoms with Crippen LogP contribution >= 0.6 is 11.8 Å². The number of hydrogen-bond donors (Lipinski definition) is 0. The Labute approximate surface area is 127 Å². The molecule has 0 radical (unpaired) electrons. The molecule has 0 unspecified atom stereocenters. The average Bonchev–Trinajstić information content (AvgIpc) is 2.43. The second-order valence-corrected chi connectivity index (χ2v) is 5.90. The Hall–Kier alpha value is -2.14. The number of hydrogen-bond acceptors (Lipinski definition) is 4. The van der Waals surface area contributed by atoms with Crippen molar-refractivity contribution < 1.29 is 9.72 Å². The average molecular weight is 301 g/mol. The van der Waals surface area contributed by atoms with E-state index < -0.39 is 4.92 Å². The molecule has 0 heterocycles. The van der Waals surface area contributed by atoms with Crippen molar-refractivity contribution in [3.63, 3.8) is 0 Å². The van der Waals surface area contributed by atoms with E-state index in [1.54, 1.807) is 12.1 Å². The summed E-state index contributed by atoms with van der Waals surface area (Å²) in [4.78, 5) is 21.9. The molecule has 2 aromatic rings. The quantitative estimate of drug-likeness (QED) is 0.357. The molecule has 0 N–H and O–H groups in total. The first-order valence-electron chi connectivity index (χ1n) is 6.43. The van der Waals surface area contributed by atoms with Gasteiger partial charge in [0.15, 0.2) is 0 Å². The number of nitro groups is 1. The molecular weight excluding hydrogens is 286 g/mol. The number of aldehydes is 1. The third kappa shape index (κ3) is 3.92. The zero-order chi connectivity index (χ0) is 15.4. The lowest BCUT2D eigenvalue weighted by Crippen LogP contribution is -1.93. The van der Waals surface area contributed by atoms with Crippen LogP contribution in [0.5, 0.6) is 0 Å². The highest BCUT2D eigenvalue weighted by Crippen LogP contribution is 2.32. The fourth-order valence-electron chi connectivity index (χ4n) is 2.19. The Balaban J connectivity index is 2.23. The number of thioether (sulfide) groups is 1. The molecule has 0 atom stereocenters. The number of carbonyl (C=O) groups is 1. The van der Waals surface area contributed by atoms with Crippen molar-refractivity contribution in [1.82, 2.24) is 0 Å². The van der Waals surface area contributed by atoms with Crippen molar-refractivity contribution in [2.24, 2.45) is 0 Å². The van der Waals surface area contributed by atoms with E-state index in [2.05, 4.69) is 18.2 Å². The van der Waals surface area contributed by atoms with Crippen molar-refractivity contribution in [3.05, 3.63) is 68.8 Å². The Morgan fingerprint density at radius 3 is 2.38 bits per heavy atom. The van der Waals surface area contributed by atoms with Crippen LogP contribution < -0.4 is 0 Å². The lowest BCUT2D eigenvalue weighted by molar-refractivity contribution is -0.387. The van der Waals surface area contributed by atoms with Gasteiger partial charge >= 0.3 is 0 Å². The molecule has 4 nitrogen and oxygen atoms in total. The highest BCUT2D eigenvalue weighted by Gasteiger charge is 2.15. The molecule has 108 valence electrons. The van der Waals surface area contributed by atoms with Crippen LogP contribution in [0.15, 0.2) is 41.3 Å². The Kier molecular flexibility index (Phi) is 4.75. The van der Waals surface area contributed by atoms with Crippen LogP contribution in [0, 0.1) is 24.0 Å². The number of benzene rings is 2. The predicted octanol–water partition coefficient (Wildman–Crippen LogP) is 4.32. The normalized spacial score (nSPS) is 10.4. The Morgan fingerprint density at radius 1 is 1.14 bits per heavy atom. The van der Waals surface area contributed by atoms with Crippen LogP contribution in [0.2, 0.25) is 0 Å². The molecule has 0 aromatic heterocycles. The van der Waals surface area contributed by atoms with Crippen LogP contribution in [-0.4, -0.2) is 11.2 Å². The number of aryl methyl sites for hydroxylation is 2. The van der Waals surface area contributed by atoms with Crippen LogP contribution in [0.3, 0.4) is 0 Å². The van der Waals surface area contributed by atoms with Crippen molar-refractivity contribution in [2.45, 2.75) is 24.5 Å². The van der Waals surface area contributed by atoms with Crippen molar-refractivity contribution >= 4 is 23.7 Å². The molecule has 0 bridgehead atoms. The molecule has 21 heavy (non-hydrogen) atoms. The number of nitrogens with zero attached hydrogens (tertiary/aromatic N) is 1. The maximum Gasteiger partial charge on any atom is 0.283 e. The molecule has 5 heteroatoms. The van der Waals surface area contributed by atoms with Crippen LogP contribution in [-0.2, 0) is 5.75 Å². The lowest BCUT2D eigenvalue weighted by atomic mass is 10.1. The third-order valence-electron chi connectivity index (χ3n) is 2.99. The van der Waals surface area contributed by atoms with Gasteiger partial charge in [0.2, 0.25) is 0 Å². The number of rotatable bonds is 5. The molecule has 0 saturated heterocycles. The van der Waals surface area contributed by atoms with Gasteiger partial charge < -0.3 is 0 Å². The second kappa shape index (κ2) is 6.54. The molecule has 0 fully saturated rings. The first kappa shape index (κ1) is 15.3. The topological polar surface area (TPSA) is 60.2 Å². The van der Waals surface area contributed by atoms with Gasteiger partial charge in [0.05, 0.1) is 9.82 Å². The first-order valence-corrected chi connectivity index (χ1v) is 7.42. The van der Waals surface area contributed by atoms with E-state index in [0.29, 0.717) is 22.5 Å². The van der Waals surface area contributed by atoms with Gasteiger partial charge in [-0.05, 0) is 25.5 Å². The largest absolute Gasteiger partial charge is 0.298 e. The fraction of sp³-hybridized carbons (Fsp3) is 0.188. The summed E-state index contributed by atoms with van der Waals surface area (Å²) in [6.45, 7) is 4.06. The van der Waals surface area contributed by atoms with E-state index in [1.807, 2.05) is 13.8 Å². The van der Waals surface area contributed by atoms with Gasteiger partial charge in [0.25, 0.3) is 5.69 Å². The van der Waals surface area contributed by atoms with Crippen LogP contribution in [0.4, 0.5) is 5.69 Å². The van der Waals surface area contributed by atoms with Crippen LogP contribution in [0.25, 0.3) is 0 Å². The molecule has 0 aliphatic rings. The standard InChI is InChI=1S/C16H15NO3S/c1-11-5-12(2)7-14(6-11)10-21-16-4-3-13(9-18)8-15(16)17(19)20/h3-9H,10H2,1-2H3. The smallest absolute Gasteiger partial charge is 0.283 e. The van der Waals surface area contributed by atoms with Gasteiger partial charge in [0, 0.05) is 17.4 Å². The maximum atomic E-state index is 11.1. The summed E-state index contributed by atoms with van der Waals surface area (Å²) in [6, 6.07) is 10.8. The fourth-order valence-corrected chi connectivity index (χ4v) is 3.12. The Morgan fingerprint density at radius 2 is 1.81 bits per heavy atom. The summed E-state index contributed by atoms with van der Waals surface area (Å²) in [5, 5.41) is 11.1. The Bertz CT molecular complexity index is 678. The maximum absolute atomic E-state index is 11.1. The van der Waals surface area contributed by atoms with Gasteiger partial charge in [0.1, 0.15) is 6.29 Å².